The molecule has 0 radical (unpaired) electrons. The van der Waals surface area contributed by atoms with Crippen molar-refractivity contribution in [3.8, 4) is 67.8 Å². The van der Waals surface area contributed by atoms with Gasteiger partial charge in [0.25, 0.3) is 0 Å². The Balaban J connectivity index is 0.000000140. The molecule has 246 valence electrons. The van der Waals surface area contributed by atoms with Crippen molar-refractivity contribution in [3.63, 3.8) is 0 Å². The number of imidazole rings is 3. The number of hydrogen-bond acceptors (Lipinski definition) is 3. The second-order valence-corrected chi connectivity index (χ2v) is 11.6. The molecule has 0 aliphatic rings. The van der Waals surface area contributed by atoms with Gasteiger partial charge in [-0.15, -0.1) is 0 Å². The van der Waals surface area contributed by atoms with Crippen LogP contribution in [0.5, 0.6) is 0 Å². The van der Waals surface area contributed by atoms with Crippen LogP contribution in [0.15, 0.2) is 201 Å². The Labute approximate surface area is 297 Å². The minimum atomic E-state index is 0.892. The maximum absolute atomic E-state index is 4.87. The van der Waals surface area contributed by atoms with Gasteiger partial charge in [0.15, 0.2) is 0 Å². The Morgan fingerprint density at radius 1 is 0.333 bits per heavy atom. The fourth-order valence-corrected chi connectivity index (χ4v) is 5.66. The van der Waals surface area contributed by atoms with Gasteiger partial charge in [-0.1, -0.05) is 182 Å². The number of hydrogen-bond donors (Lipinski definition) is 3. The lowest BCUT2D eigenvalue weighted by atomic mass is 10.1. The van der Waals surface area contributed by atoms with E-state index in [9.17, 15) is 0 Å². The summed E-state index contributed by atoms with van der Waals surface area (Å²) in [5.41, 5.74) is 10.8. The van der Waals surface area contributed by atoms with E-state index < -0.39 is 0 Å². The van der Waals surface area contributed by atoms with Crippen LogP contribution in [0.2, 0.25) is 0 Å². The molecule has 9 rings (SSSR count). The van der Waals surface area contributed by atoms with Gasteiger partial charge in [-0.3, -0.25) is 0 Å². The Hall–Kier alpha value is -7.05. The van der Waals surface area contributed by atoms with Gasteiger partial charge in [0.05, 0.1) is 29.1 Å². The van der Waals surface area contributed by atoms with Gasteiger partial charge in [0, 0.05) is 45.8 Å². The molecule has 0 unspecified atom stereocenters. The summed E-state index contributed by atoms with van der Waals surface area (Å²) in [4.78, 5) is 23.2. The van der Waals surface area contributed by atoms with Gasteiger partial charge in [0.2, 0.25) is 0 Å². The van der Waals surface area contributed by atoms with Crippen molar-refractivity contribution < 1.29 is 0 Å². The number of aromatic amines is 3. The molecule has 0 fully saturated rings. The van der Waals surface area contributed by atoms with Crippen LogP contribution in [-0.2, 0) is 0 Å². The fraction of sp³-hybridized carbons (Fsp3) is 0. The molecule has 3 heterocycles. The summed E-state index contributed by atoms with van der Waals surface area (Å²) in [6.45, 7) is 0. The summed E-state index contributed by atoms with van der Waals surface area (Å²) in [7, 11) is 0. The summed E-state index contributed by atoms with van der Waals surface area (Å²) >= 11 is 0. The molecule has 3 N–H and O–H groups in total. The van der Waals surface area contributed by atoms with Gasteiger partial charge in [-0.25, -0.2) is 15.0 Å². The van der Waals surface area contributed by atoms with Crippen molar-refractivity contribution in [2.75, 3.05) is 0 Å². The monoisotopic (exact) mass is 660 g/mol. The van der Waals surface area contributed by atoms with E-state index in [0.29, 0.717) is 0 Å². The molecule has 6 heteroatoms. The van der Waals surface area contributed by atoms with E-state index in [2.05, 4.69) is 92.7 Å². The molecule has 0 spiro atoms. The average Bonchev–Trinajstić information content (AvgIpc) is 4.04. The van der Waals surface area contributed by atoms with E-state index in [1.165, 1.54) is 0 Å². The molecule has 6 nitrogen and oxygen atoms in total. The van der Waals surface area contributed by atoms with Crippen molar-refractivity contribution in [1.29, 1.82) is 0 Å². The van der Waals surface area contributed by atoms with Crippen LogP contribution in [0, 0.1) is 0 Å². The Bertz CT molecular complexity index is 2030. The quantitative estimate of drug-likeness (QED) is 0.166. The van der Waals surface area contributed by atoms with Gasteiger partial charge in [-0.2, -0.15) is 0 Å². The predicted molar refractivity (Wildman–Crippen MR) is 208 cm³/mol. The first kappa shape index (κ1) is 32.5. The van der Waals surface area contributed by atoms with Crippen LogP contribution in [0.1, 0.15) is 0 Å². The van der Waals surface area contributed by atoms with Crippen molar-refractivity contribution in [2.24, 2.45) is 0 Å². The van der Waals surface area contributed by atoms with E-state index in [-0.39, 0.29) is 0 Å². The first-order valence-electron chi connectivity index (χ1n) is 16.8. The number of rotatable bonds is 6. The standard InChI is InChI=1S/2C21H16N2.C3H4N2/c2*1-4-10-16(11-5-1)19-20(17-12-6-2-7-13-17)23-21(22-19)18-14-8-3-9-15-18;1-2-5-3-4-1/h2*1-15H,(H,22,23);1-3H,(H,4,5). The first-order chi connectivity index (χ1) is 25.3. The first-order valence-corrected chi connectivity index (χ1v) is 16.8. The molecule has 0 bridgehead atoms. The van der Waals surface area contributed by atoms with Gasteiger partial charge >= 0.3 is 0 Å². The molecule has 0 aliphatic carbocycles. The van der Waals surface area contributed by atoms with Crippen LogP contribution >= 0.6 is 0 Å². The van der Waals surface area contributed by atoms with Gasteiger partial charge < -0.3 is 15.0 Å². The van der Waals surface area contributed by atoms with Gasteiger partial charge in [0.1, 0.15) is 11.6 Å². The van der Waals surface area contributed by atoms with Crippen LogP contribution in [0.25, 0.3) is 67.8 Å². The molecule has 0 amide bonds. The SMILES string of the molecule is c1c[nH]cn1.c1ccc(-c2nc(-c3ccccc3)c(-c3ccccc3)[nH]2)cc1.c1ccc(-c2nc(-c3ccccc3)c(-c3ccccc3)[nH]2)cc1. The Kier molecular flexibility index (Phi) is 10.4. The molecule has 0 saturated carbocycles. The molecular formula is C45H36N6. The summed E-state index contributed by atoms with van der Waals surface area (Å²) in [5.74, 6) is 1.78. The topological polar surface area (TPSA) is 86.0 Å². The van der Waals surface area contributed by atoms with Gasteiger partial charge in [-0.05, 0) is 0 Å². The normalized spacial score (nSPS) is 10.4. The molecular weight excluding hydrogens is 625 g/mol. The third kappa shape index (κ3) is 8.16. The number of nitrogens with one attached hydrogen (secondary N) is 3. The number of benzene rings is 6. The lowest BCUT2D eigenvalue weighted by Crippen LogP contribution is -1.82. The minimum Gasteiger partial charge on any atom is -0.351 e. The van der Waals surface area contributed by atoms with Crippen LogP contribution in [0.4, 0.5) is 0 Å². The maximum atomic E-state index is 4.87. The molecule has 51 heavy (non-hydrogen) atoms. The summed E-state index contributed by atoms with van der Waals surface area (Å²) in [6.07, 6.45) is 5.08. The highest BCUT2D eigenvalue weighted by Gasteiger charge is 2.16. The van der Waals surface area contributed by atoms with Crippen molar-refractivity contribution in [3.05, 3.63) is 201 Å². The Morgan fingerprint density at radius 3 is 0.922 bits per heavy atom. The second-order valence-electron chi connectivity index (χ2n) is 11.6. The Morgan fingerprint density at radius 2 is 0.647 bits per heavy atom. The van der Waals surface area contributed by atoms with Crippen molar-refractivity contribution >= 4 is 0 Å². The molecule has 3 aromatic heterocycles. The van der Waals surface area contributed by atoms with Crippen LogP contribution in [0.3, 0.4) is 0 Å². The van der Waals surface area contributed by atoms with Crippen molar-refractivity contribution in [1.82, 2.24) is 29.9 Å². The lowest BCUT2D eigenvalue weighted by molar-refractivity contribution is 1.31. The third-order valence-electron chi connectivity index (χ3n) is 8.13. The highest BCUT2D eigenvalue weighted by molar-refractivity contribution is 5.82. The number of aromatic nitrogens is 6. The number of nitrogens with zero attached hydrogens (tertiary/aromatic N) is 3. The average molecular weight is 661 g/mol. The largest absolute Gasteiger partial charge is 0.351 e. The van der Waals surface area contributed by atoms with E-state index in [1.54, 1.807) is 18.7 Å². The second kappa shape index (κ2) is 16.4. The van der Waals surface area contributed by atoms with Crippen LogP contribution in [-0.4, -0.2) is 29.9 Å². The molecule has 0 atom stereocenters. The number of H-pyrrole nitrogens is 3. The minimum absolute atomic E-state index is 0.892. The van der Waals surface area contributed by atoms with E-state index in [1.807, 2.05) is 109 Å². The molecule has 6 aromatic carbocycles. The zero-order valence-corrected chi connectivity index (χ0v) is 27.9. The summed E-state index contributed by atoms with van der Waals surface area (Å²) in [5, 5.41) is 0. The molecule has 0 aliphatic heterocycles. The summed E-state index contributed by atoms with van der Waals surface area (Å²) in [6, 6.07) is 61.7. The predicted octanol–water partition coefficient (Wildman–Crippen LogP) is 11.2. The van der Waals surface area contributed by atoms with E-state index in [4.69, 9.17) is 9.97 Å². The van der Waals surface area contributed by atoms with E-state index in [0.717, 1.165) is 67.8 Å². The summed E-state index contributed by atoms with van der Waals surface area (Å²) < 4.78 is 0. The zero-order chi connectivity index (χ0) is 34.5. The maximum Gasteiger partial charge on any atom is 0.138 e. The smallest absolute Gasteiger partial charge is 0.138 e. The highest BCUT2D eigenvalue weighted by atomic mass is 14.9. The molecule has 9 aromatic rings. The lowest BCUT2D eigenvalue weighted by Gasteiger charge is -2.02. The highest BCUT2D eigenvalue weighted by Crippen LogP contribution is 2.34. The van der Waals surface area contributed by atoms with E-state index >= 15 is 0 Å². The molecule has 0 saturated heterocycles. The van der Waals surface area contributed by atoms with Crippen molar-refractivity contribution in [2.45, 2.75) is 0 Å². The van der Waals surface area contributed by atoms with Crippen LogP contribution < -0.4 is 0 Å². The third-order valence-corrected chi connectivity index (χ3v) is 8.13. The fourth-order valence-electron chi connectivity index (χ4n) is 5.66. The zero-order valence-electron chi connectivity index (χ0n) is 27.9.